The zero-order valence-electron chi connectivity index (χ0n) is 11.5. The maximum Gasteiger partial charge on any atom is 0.0189 e. The molecule has 0 saturated heterocycles. The molecule has 0 aromatic carbocycles. The Kier molecular flexibility index (Phi) is 18.5. The van der Waals surface area contributed by atoms with E-state index in [0.717, 1.165) is 65.4 Å². The van der Waals surface area contributed by atoms with Gasteiger partial charge < -0.3 is 0 Å². The van der Waals surface area contributed by atoms with E-state index in [1.165, 1.54) is 0 Å². The largest absolute Gasteiger partial charge is 0.299 e. The zero-order valence-corrected chi connectivity index (χ0v) is 17.8. The van der Waals surface area contributed by atoms with Crippen molar-refractivity contribution in [1.29, 1.82) is 0 Å². The predicted molar refractivity (Wildman–Crippen MR) is 101 cm³/mol. The highest BCUT2D eigenvalue weighted by molar-refractivity contribution is 9.08. The van der Waals surface area contributed by atoms with Crippen molar-refractivity contribution in [3.63, 3.8) is 0 Å². The number of hydrogen-bond acceptors (Lipinski definition) is 6. The number of hydrogen-bond donors (Lipinski definition) is 4. The average molecular weight is 548 g/mol. The van der Waals surface area contributed by atoms with Crippen molar-refractivity contribution in [1.82, 2.24) is 27.2 Å². The zero-order chi connectivity index (χ0) is 15.1. The normalized spacial score (nSPS) is 11.7. The molecule has 0 atom stereocenters. The van der Waals surface area contributed by atoms with Gasteiger partial charge in [0, 0.05) is 130 Å². The maximum atomic E-state index is 3.26. The van der Waals surface area contributed by atoms with Crippen molar-refractivity contribution < 1.29 is 0 Å². The molecular weight excluding hydrogens is 524 g/mol. The molecule has 0 rings (SSSR count). The molecule has 0 aliphatic heterocycles. The third kappa shape index (κ3) is 13.4. The Morgan fingerprint density at radius 2 is 0.700 bits per heavy atom. The number of halogens is 4. The Morgan fingerprint density at radius 3 is 0.900 bits per heavy atom. The summed E-state index contributed by atoms with van der Waals surface area (Å²) in [6.45, 7) is 10.00. The summed E-state index contributed by atoms with van der Waals surface area (Å²) in [5, 5.41) is 0. The molecule has 4 N–H and O–H groups in total. The van der Waals surface area contributed by atoms with Gasteiger partial charge in [0.1, 0.15) is 0 Å². The van der Waals surface area contributed by atoms with E-state index in [0.29, 0.717) is 0 Å². The number of rotatable bonds is 15. The average Bonchev–Trinajstić information content (AvgIpc) is 2.48. The minimum absolute atomic E-state index is 0.939. The highest BCUT2D eigenvalue weighted by Crippen LogP contribution is 1.94. The number of nitrogens with zero attached hydrogens (tertiary/aromatic N) is 2. The van der Waals surface area contributed by atoms with Gasteiger partial charge in [0.15, 0.2) is 0 Å². The highest BCUT2D eigenvalue weighted by Gasteiger charge is 2.08. The van der Waals surface area contributed by atoms with Gasteiger partial charge in [0.05, 0.1) is 0 Å². The molecule has 0 fully saturated rings. The standard InChI is InChI=1S/C10H24Br4N6/c11-15-1-5-19(6-2-16-12)9-10-20(7-3-17-13)8-4-18-14/h15-18H,1-10H2. The topological polar surface area (TPSA) is 54.6 Å². The molecule has 6 nitrogen and oxygen atoms in total. The molecule has 0 aliphatic rings. The second kappa shape index (κ2) is 17.0. The first-order chi connectivity index (χ1) is 9.78. The van der Waals surface area contributed by atoms with Gasteiger partial charge in [-0.05, 0) is 0 Å². The van der Waals surface area contributed by atoms with E-state index in [9.17, 15) is 0 Å². The van der Waals surface area contributed by atoms with E-state index >= 15 is 0 Å². The van der Waals surface area contributed by atoms with Crippen LogP contribution in [0.25, 0.3) is 0 Å². The third-order valence-electron chi connectivity index (χ3n) is 2.82. The Morgan fingerprint density at radius 1 is 0.450 bits per heavy atom. The Labute approximate surface area is 156 Å². The molecule has 0 bridgehead atoms. The second-order valence-corrected chi connectivity index (χ2v) is 6.46. The van der Waals surface area contributed by atoms with Crippen LogP contribution in [0.2, 0.25) is 0 Å². The van der Waals surface area contributed by atoms with Gasteiger partial charge in [0.25, 0.3) is 0 Å². The third-order valence-corrected chi connectivity index (χ3v) is 4.41. The van der Waals surface area contributed by atoms with Crippen LogP contribution in [-0.2, 0) is 0 Å². The lowest BCUT2D eigenvalue weighted by Gasteiger charge is -2.27. The van der Waals surface area contributed by atoms with Crippen molar-refractivity contribution in [3.8, 4) is 0 Å². The molecule has 0 spiro atoms. The first-order valence-corrected chi connectivity index (χ1v) is 9.74. The van der Waals surface area contributed by atoms with E-state index in [2.05, 4.69) is 91.8 Å². The Bertz CT molecular complexity index is 167. The van der Waals surface area contributed by atoms with E-state index in [-0.39, 0.29) is 0 Å². The molecule has 10 heteroatoms. The van der Waals surface area contributed by atoms with Crippen LogP contribution in [0.5, 0.6) is 0 Å². The fraction of sp³-hybridized carbons (Fsp3) is 1.00. The van der Waals surface area contributed by atoms with Crippen molar-refractivity contribution in [3.05, 3.63) is 0 Å². The van der Waals surface area contributed by atoms with E-state index in [4.69, 9.17) is 0 Å². The first-order valence-electron chi connectivity index (χ1n) is 6.57. The van der Waals surface area contributed by atoms with Crippen LogP contribution in [0.1, 0.15) is 0 Å². The van der Waals surface area contributed by atoms with Gasteiger partial charge in [-0.15, -0.1) is 0 Å². The molecule has 0 heterocycles. The van der Waals surface area contributed by atoms with E-state index < -0.39 is 0 Å². The van der Waals surface area contributed by atoms with Gasteiger partial charge in [-0.25, -0.2) is 0 Å². The molecule has 0 amide bonds. The van der Waals surface area contributed by atoms with Crippen LogP contribution < -0.4 is 17.4 Å². The summed E-state index contributed by atoms with van der Waals surface area (Å²) in [5.74, 6) is 0. The molecule has 0 aromatic heterocycles. The minimum atomic E-state index is 0.939. The fourth-order valence-corrected chi connectivity index (χ4v) is 2.46. The van der Waals surface area contributed by atoms with Gasteiger partial charge in [0.2, 0.25) is 0 Å². The summed E-state index contributed by atoms with van der Waals surface area (Å²) in [6, 6.07) is 0. The Hall–Kier alpha value is 1.68. The molecule has 122 valence electrons. The second-order valence-electron chi connectivity index (χ2n) is 4.22. The van der Waals surface area contributed by atoms with Crippen LogP contribution >= 0.6 is 64.6 Å². The smallest absolute Gasteiger partial charge is 0.0189 e. The van der Waals surface area contributed by atoms with Crippen LogP contribution in [-0.4, -0.2) is 75.2 Å². The van der Waals surface area contributed by atoms with E-state index in [1.807, 2.05) is 0 Å². The van der Waals surface area contributed by atoms with Gasteiger partial charge in [-0.2, -0.15) is 0 Å². The summed E-state index contributed by atoms with van der Waals surface area (Å²) in [6.07, 6.45) is 0. The summed E-state index contributed by atoms with van der Waals surface area (Å²) in [5.41, 5.74) is 0. The Balaban J connectivity index is 4.05. The minimum Gasteiger partial charge on any atom is -0.299 e. The molecule has 0 saturated carbocycles. The molecule has 0 unspecified atom stereocenters. The molecular formula is C10H24Br4N6. The quantitative estimate of drug-likeness (QED) is 0.231. The highest BCUT2D eigenvalue weighted by atomic mass is 79.9. The van der Waals surface area contributed by atoms with E-state index in [1.54, 1.807) is 0 Å². The van der Waals surface area contributed by atoms with Crippen molar-refractivity contribution in [2.24, 2.45) is 0 Å². The van der Waals surface area contributed by atoms with Crippen LogP contribution in [0.15, 0.2) is 0 Å². The predicted octanol–water partition coefficient (Wildman–Crippen LogP) is 1.19. The lowest BCUT2D eigenvalue weighted by atomic mass is 10.4. The maximum absolute atomic E-state index is 3.26. The molecule has 0 aromatic rings. The molecule has 0 radical (unpaired) electrons. The molecule has 0 aliphatic carbocycles. The SMILES string of the molecule is BrNCCN(CCNBr)CCN(CCNBr)CCNBr. The van der Waals surface area contributed by atoms with Gasteiger partial charge >= 0.3 is 0 Å². The summed E-state index contributed by atoms with van der Waals surface area (Å²) in [4.78, 5) is 4.89. The first kappa shape index (κ1) is 21.7. The summed E-state index contributed by atoms with van der Waals surface area (Å²) in [7, 11) is 0. The molecule has 20 heavy (non-hydrogen) atoms. The van der Waals surface area contributed by atoms with Crippen molar-refractivity contribution in [2.75, 3.05) is 65.4 Å². The van der Waals surface area contributed by atoms with Crippen LogP contribution in [0, 0.1) is 0 Å². The van der Waals surface area contributed by atoms with Crippen LogP contribution in [0.4, 0.5) is 0 Å². The van der Waals surface area contributed by atoms with Gasteiger partial charge in [-0.3, -0.25) is 27.2 Å². The fourth-order valence-electron chi connectivity index (χ4n) is 1.76. The summed E-state index contributed by atoms with van der Waals surface area (Å²) < 4.78 is 12.1. The van der Waals surface area contributed by atoms with Crippen molar-refractivity contribution in [2.45, 2.75) is 0 Å². The van der Waals surface area contributed by atoms with Crippen LogP contribution in [0.3, 0.4) is 0 Å². The summed E-state index contributed by atoms with van der Waals surface area (Å²) >= 11 is 13.0. The monoisotopic (exact) mass is 544 g/mol. The van der Waals surface area contributed by atoms with Gasteiger partial charge in [-0.1, -0.05) is 0 Å². The van der Waals surface area contributed by atoms with Crippen molar-refractivity contribution >= 4 is 64.6 Å². The lowest BCUT2D eigenvalue weighted by molar-refractivity contribution is 0.212. The number of nitrogens with one attached hydrogen (secondary N) is 4. The lowest BCUT2D eigenvalue weighted by Crippen LogP contribution is -2.42.